The van der Waals surface area contributed by atoms with Gasteiger partial charge in [-0.15, -0.1) is 11.8 Å². The van der Waals surface area contributed by atoms with E-state index >= 15 is 0 Å². The fourth-order valence-electron chi connectivity index (χ4n) is 5.07. The topological polar surface area (TPSA) is 62.9 Å². The summed E-state index contributed by atoms with van der Waals surface area (Å²) in [5.74, 6) is 0. The van der Waals surface area contributed by atoms with E-state index < -0.39 is 0 Å². The highest BCUT2D eigenvalue weighted by Crippen LogP contribution is 2.30. The van der Waals surface area contributed by atoms with Gasteiger partial charge in [0, 0.05) is 19.8 Å². The normalized spacial score (nSPS) is 24.1. The Balaban J connectivity index is 2.60. The van der Waals surface area contributed by atoms with Gasteiger partial charge in [-0.1, -0.05) is 117 Å². The van der Waals surface area contributed by atoms with Gasteiger partial charge in [0.15, 0.2) is 0 Å². The average Bonchev–Trinajstić information content (AvgIpc) is 2.91. The second kappa shape index (κ2) is 25.1. The Kier molecular flexibility index (Phi) is 23.9. The molecule has 1 fully saturated rings. The predicted molar refractivity (Wildman–Crippen MR) is 161 cm³/mol. The van der Waals surface area contributed by atoms with Crippen LogP contribution in [0.15, 0.2) is 0 Å². The zero-order chi connectivity index (χ0) is 27.0. The standard InChI is InChI=1S/C31H63NO4S/c1-5-8-11-14-17-20-23-33-26-27-29(34-24-21-18-15-12-9-6-2)30(28(32)31(36-27)37-4)35-25-22-19-16-13-10-7-3/h27-31H,5-26,32H2,1-4H3/t27-,28-,29-,30-,31+/m1/s1. The summed E-state index contributed by atoms with van der Waals surface area (Å²) < 4.78 is 25.5. The molecule has 0 bridgehead atoms. The van der Waals surface area contributed by atoms with Crippen molar-refractivity contribution in [2.45, 2.75) is 166 Å². The van der Waals surface area contributed by atoms with Gasteiger partial charge in [0.1, 0.15) is 23.7 Å². The monoisotopic (exact) mass is 545 g/mol. The Labute approximate surface area is 235 Å². The molecule has 1 aliphatic heterocycles. The molecular formula is C31H63NO4S. The highest BCUT2D eigenvalue weighted by Gasteiger charge is 2.45. The number of unbranched alkanes of at least 4 members (excludes halogenated alkanes) is 15. The second-order valence-corrected chi connectivity index (χ2v) is 11.8. The fourth-order valence-corrected chi connectivity index (χ4v) is 5.79. The second-order valence-electron chi connectivity index (χ2n) is 10.9. The first kappa shape index (κ1) is 35.2. The summed E-state index contributed by atoms with van der Waals surface area (Å²) >= 11 is 1.67. The molecule has 0 saturated carbocycles. The third-order valence-electron chi connectivity index (χ3n) is 7.47. The van der Waals surface area contributed by atoms with Gasteiger partial charge in [-0.3, -0.25) is 0 Å². The molecular weight excluding hydrogens is 482 g/mol. The third-order valence-corrected chi connectivity index (χ3v) is 8.36. The number of ether oxygens (including phenoxy) is 4. The highest BCUT2D eigenvalue weighted by atomic mass is 32.2. The van der Waals surface area contributed by atoms with Crippen LogP contribution in [0.1, 0.15) is 136 Å². The van der Waals surface area contributed by atoms with E-state index in [9.17, 15) is 0 Å². The molecule has 2 N–H and O–H groups in total. The summed E-state index contributed by atoms with van der Waals surface area (Å²) in [4.78, 5) is 0. The van der Waals surface area contributed by atoms with Crippen molar-refractivity contribution in [1.29, 1.82) is 0 Å². The molecule has 0 aromatic rings. The SMILES string of the molecule is CCCCCCCCOC[C@H]1O[C@@H](SC)[C@H](N)[C@@H](OCCCCCCCC)[C@@H]1OCCCCCCCC. The van der Waals surface area contributed by atoms with Crippen LogP contribution in [0.5, 0.6) is 0 Å². The van der Waals surface area contributed by atoms with Gasteiger partial charge in [0.2, 0.25) is 0 Å². The minimum Gasteiger partial charge on any atom is -0.379 e. The van der Waals surface area contributed by atoms with E-state index in [0.717, 1.165) is 39.1 Å². The molecule has 5 nitrogen and oxygen atoms in total. The molecule has 0 unspecified atom stereocenters. The summed E-state index contributed by atoms with van der Waals surface area (Å²) in [5.41, 5.74) is 6.60. The van der Waals surface area contributed by atoms with Crippen LogP contribution in [0, 0.1) is 0 Å². The first-order chi connectivity index (χ1) is 18.2. The maximum atomic E-state index is 6.69. The Morgan fingerprint density at radius 1 is 0.595 bits per heavy atom. The first-order valence-corrected chi connectivity index (χ1v) is 17.2. The molecule has 0 aromatic heterocycles. The fraction of sp³-hybridized carbons (Fsp3) is 1.00. The lowest BCUT2D eigenvalue weighted by Crippen LogP contribution is -2.62. The predicted octanol–water partition coefficient (Wildman–Crippen LogP) is 8.27. The summed E-state index contributed by atoms with van der Waals surface area (Å²) in [6, 6.07) is -0.195. The zero-order valence-electron chi connectivity index (χ0n) is 25.1. The van der Waals surface area contributed by atoms with Gasteiger partial charge in [-0.25, -0.2) is 0 Å². The summed E-state index contributed by atoms with van der Waals surface area (Å²) in [6.07, 6.45) is 24.3. The molecule has 0 spiro atoms. The molecule has 5 atom stereocenters. The van der Waals surface area contributed by atoms with Gasteiger partial charge in [0.25, 0.3) is 0 Å². The Morgan fingerprint density at radius 3 is 1.51 bits per heavy atom. The van der Waals surface area contributed by atoms with E-state index in [0.29, 0.717) is 6.61 Å². The lowest BCUT2D eigenvalue weighted by molar-refractivity contribution is -0.205. The average molecular weight is 546 g/mol. The van der Waals surface area contributed by atoms with Gasteiger partial charge in [-0.2, -0.15) is 0 Å². The van der Waals surface area contributed by atoms with Crippen molar-refractivity contribution in [2.24, 2.45) is 5.73 Å². The van der Waals surface area contributed by atoms with Crippen molar-refractivity contribution in [3.63, 3.8) is 0 Å². The quantitative estimate of drug-likeness (QED) is 0.110. The Bertz CT molecular complexity index is 484. The minimum absolute atomic E-state index is 0.0916. The van der Waals surface area contributed by atoms with Crippen molar-refractivity contribution < 1.29 is 18.9 Å². The summed E-state index contributed by atoms with van der Waals surface area (Å²) in [7, 11) is 0. The van der Waals surface area contributed by atoms with Crippen molar-refractivity contribution in [2.75, 3.05) is 32.7 Å². The molecule has 222 valence electrons. The minimum atomic E-state index is -0.195. The van der Waals surface area contributed by atoms with Crippen LogP contribution in [-0.4, -0.2) is 62.5 Å². The van der Waals surface area contributed by atoms with E-state index in [1.807, 2.05) is 0 Å². The number of hydrogen-bond donors (Lipinski definition) is 1. The van der Waals surface area contributed by atoms with Gasteiger partial charge in [0.05, 0.1) is 12.6 Å². The van der Waals surface area contributed by atoms with Gasteiger partial charge in [-0.05, 0) is 25.5 Å². The van der Waals surface area contributed by atoms with Crippen molar-refractivity contribution in [3.05, 3.63) is 0 Å². The molecule has 6 heteroatoms. The maximum absolute atomic E-state index is 6.69. The molecule has 1 heterocycles. The number of thioether (sulfide) groups is 1. The van der Waals surface area contributed by atoms with E-state index in [4.69, 9.17) is 24.7 Å². The zero-order valence-corrected chi connectivity index (χ0v) is 25.9. The number of nitrogens with two attached hydrogens (primary N) is 1. The molecule has 0 aromatic carbocycles. The van der Waals surface area contributed by atoms with Crippen molar-refractivity contribution >= 4 is 11.8 Å². The van der Waals surface area contributed by atoms with Gasteiger partial charge < -0.3 is 24.7 Å². The lowest BCUT2D eigenvalue weighted by atomic mass is 9.98. The molecule has 0 aliphatic carbocycles. The van der Waals surface area contributed by atoms with E-state index in [-0.39, 0.29) is 29.8 Å². The Hall–Kier alpha value is 0.150. The number of hydrogen-bond acceptors (Lipinski definition) is 6. The molecule has 0 radical (unpaired) electrons. The molecule has 0 amide bonds. The number of rotatable bonds is 26. The third kappa shape index (κ3) is 16.8. The van der Waals surface area contributed by atoms with Crippen molar-refractivity contribution in [1.82, 2.24) is 0 Å². The lowest BCUT2D eigenvalue weighted by Gasteiger charge is -2.44. The van der Waals surface area contributed by atoms with Crippen LogP contribution < -0.4 is 5.73 Å². The molecule has 1 aliphatic rings. The highest BCUT2D eigenvalue weighted by molar-refractivity contribution is 7.99. The van der Waals surface area contributed by atoms with Crippen molar-refractivity contribution in [3.8, 4) is 0 Å². The van der Waals surface area contributed by atoms with Gasteiger partial charge >= 0.3 is 0 Å². The van der Waals surface area contributed by atoms with Crippen LogP contribution in [0.4, 0.5) is 0 Å². The largest absolute Gasteiger partial charge is 0.379 e. The van der Waals surface area contributed by atoms with Crippen LogP contribution in [-0.2, 0) is 18.9 Å². The first-order valence-electron chi connectivity index (χ1n) is 15.9. The van der Waals surface area contributed by atoms with Crippen LogP contribution in [0.2, 0.25) is 0 Å². The van der Waals surface area contributed by atoms with Crippen LogP contribution >= 0.6 is 11.8 Å². The summed E-state index contributed by atoms with van der Waals surface area (Å²) in [6.45, 7) is 9.60. The summed E-state index contributed by atoms with van der Waals surface area (Å²) in [5, 5.41) is 0. The molecule has 37 heavy (non-hydrogen) atoms. The van der Waals surface area contributed by atoms with Crippen LogP contribution in [0.25, 0.3) is 0 Å². The maximum Gasteiger partial charge on any atom is 0.121 e. The Morgan fingerprint density at radius 2 is 1.03 bits per heavy atom. The van der Waals surface area contributed by atoms with E-state index in [1.54, 1.807) is 11.8 Å². The van der Waals surface area contributed by atoms with E-state index in [2.05, 4.69) is 27.0 Å². The van der Waals surface area contributed by atoms with E-state index in [1.165, 1.54) is 96.3 Å². The molecule has 1 saturated heterocycles. The van der Waals surface area contributed by atoms with Crippen LogP contribution in [0.3, 0.4) is 0 Å². The molecule has 1 rings (SSSR count). The smallest absolute Gasteiger partial charge is 0.121 e.